The van der Waals surface area contributed by atoms with Gasteiger partial charge in [-0.1, -0.05) is 115 Å². The summed E-state index contributed by atoms with van der Waals surface area (Å²) in [5, 5.41) is 30.8. The van der Waals surface area contributed by atoms with Crippen LogP contribution in [-0.2, 0) is 57.9 Å². The van der Waals surface area contributed by atoms with Gasteiger partial charge in [-0.05, 0) is 207 Å². The molecule has 10 N–H and O–H groups in total. The van der Waals surface area contributed by atoms with Crippen LogP contribution < -0.4 is 68.7 Å². The molecule has 11 amide bonds. The number of fused-ring (bicyclic) bond motifs is 8. The second-order valence-electron chi connectivity index (χ2n) is 34.2. The predicted molar refractivity (Wildman–Crippen MR) is 475 cm³/mol. The highest BCUT2D eigenvalue weighted by Crippen LogP contribution is 2.66. The van der Waals surface area contributed by atoms with E-state index in [-0.39, 0.29) is 102 Å². The van der Waals surface area contributed by atoms with E-state index in [1.165, 1.54) is 31.1 Å². The minimum atomic E-state index is -1.74. The maximum absolute atomic E-state index is 18.8. The Labute approximate surface area is 742 Å². The average molecular weight is 1790 g/mol. The van der Waals surface area contributed by atoms with Crippen molar-refractivity contribution in [1.82, 2.24) is 50.4 Å². The summed E-state index contributed by atoms with van der Waals surface area (Å²) in [7, 11) is 3.26. The van der Waals surface area contributed by atoms with Gasteiger partial charge in [-0.2, -0.15) is 0 Å². The van der Waals surface area contributed by atoms with Crippen LogP contribution in [0.2, 0.25) is 20.1 Å². The molecule has 3 aromatic heterocycles. The molecule has 7 aromatic carbocycles. The Balaban J connectivity index is 0.573. The summed E-state index contributed by atoms with van der Waals surface area (Å²) >= 11 is 27.6. The lowest BCUT2D eigenvalue weighted by Gasteiger charge is -2.48. The van der Waals surface area contributed by atoms with Crippen LogP contribution in [0.4, 0.5) is 47.8 Å². The number of hydrogen-bond acceptors (Lipinski definition) is 15. The number of piperidine rings is 1. The number of anilines is 6. The normalized spacial score (nSPS) is 23.5. The number of halogens is 6. The molecule has 4 spiro atoms. The summed E-state index contributed by atoms with van der Waals surface area (Å²) in [5.74, 6) is -8.06. The van der Waals surface area contributed by atoms with Crippen LogP contribution in [0.1, 0.15) is 181 Å². The van der Waals surface area contributed by atoms with Crippen LogP contribution >= 0.6 is 46.4 Å². The third-order valence-electron chi connectivity index (χ3n) is 27.5. The number of aromatic nitrogens is 4. The van der Waals surface area contributed by atoms with Crippen molar-refractivity contribution >= 4 is 157 Å². The van der Waals surface area contributed by atoms with E-state index in [9.17, 15) is 33.6 Å². The topological polar surface area (TPSA) is 342 Å². The van der Waals surface area contributed by atoms with E-state index in [4.69, 9.17) is 46.4 Å². The molecule has 0 bridgehead atoms. The van der Waals surface area contributed by atoms with Crippen LogP contribution in [-0.4, -0.2) is 134 Å². The average Bonchev–Trinajstić information content (AvgIpc) is 1.51. The van der Waals surface area contributed by atoms with Gasteiger partial charge in [-0.15, -0.1) is 0 Å². The fourth-order valence-electron chi connectivity index (χ4n) is 21.6. The number of urea groups is 1. The Kier molecular flexibility index (Phi) is 22.8. The third-order valence-corrected chi connectivity index (χ3v) is 28.6. The number of carbonyl (C=O) groups excluding carboxylic acids is 10. The lowest BCUT2D eigenvalue weighted by atomic mass is 9.54. The molecule has 8 aliphatic rings. The molecular formula is C93H90Cl4F2N16O11. The molecule has 650 valence electrons. The van der Waals surface area contributed by atoms with Crippen molar-refractivity contribution in [3.8, 4) is 0 Å². The van der Waals surface area contributed by atoms with E-state index >= 15 is 28.0 Å². The Morgan fingerprint density at radius 2 is 1.21 bits per heavy atom. The second-order valence-corrected chi connectivity index (χ2v) is 35.9. The highest BCUT2D eigenvalue weighted by Gasteiger charge is 2.75. The molecule has 1 unspecified atom stereocenters. The summed E-state index contributed by atoms with van der Waals surface area (Å²) in [6.45, 7) is 1.41. The van der Waals surface area contributed by atoms with Gasteiger partial charge in [0, 0.05) is 138 Å². The third kappa shape index (κ3) is 14.5. The number of unbranched alkanes of at least 4 members (excludes halogenated alkanes) is 2. The molecule has 18 rings (SSSR count). The highest BCUT2D eigenvalue weighted by atomic mass is 35.5. The fraction of sp³-hybridized carbons (Fsp3) is 0.355. The molecule has 6 fully saturated rings. The molecule has 4 saturated heterocycles. The van der Waals surface area contributed by atoms with E-state index in [1.807, 2.05) is 30.3 Å². The number of nitrogens with one attached hydrogen (secondary N) is 10. The molecule has 6 aliphatic heterocycles. The summed E-state index contributed by atoms with van der Waals surface area (Å²) in [6, 6.07) is 36.4. The molecule has 10 aromatic rings. The maximum Gasteiger partial charge on any atom is 0.329 e. The largest absolute Gasteiger partial charge is 0.385 e. The van der Waals surface area contributed by atoms with Crippen LogP contribution in [0.25, 0.3) is 16.7 Å². The number of carbonyl (C=O) groups is 10. The molecule has 9 heterocycles. The number of amides is 11. The lowest BCUT2D eigenvalue weighted by Crippen LogP contribution is -2.60. The van der Waals surface area contributed by atoms with Crippen LogP contribution in [0.5, 0.6) is 0 Å². The number of imide groups is 2. The van der Waals surface area contributed by atoms with Gasteiger partial charge in [0.1, 0.15) is 40.0 Å². The fourth-order valence-corrected chi connectivity index (χ4v) is 22.4. The zero-order valence-electron chi connectivity index (χ0n) is 68.8. The lowest BCUT2D eigenvalue weighted by molar-refractivity contribution is -0.136. The molecule has 126 heavy (non-hydrogen) atoms. The molecule has 0 radical (unpaired) electrons. The summed E-state index contributed by atoms with van der Waals surface area (Å²) in [4.78, 5) is 160. The predicted octanol–water partition coefficient (Wildman–Crippen LogP) is 13.7. The summed E-state index contributed by atoms with van der Waals surface area (Å²) < 4.78 is 40.9. The highest BCUT2D eigenvalue weighted by molar-refractivity contribution is 6.33. The first-order chi connectivity index (χ1) is 60.7. The smallest absolute Gasteiger partial charge is 0.329 e. The first kappa shape index (κ1) is 85.0. The first-order valence-electron chi connectivity index (χ1n) is 42.6. The zero-order chi connectivity index (χ0) is 88.0. The Morgan fingerprint density at radius 3 is 1.89 bits per heavy atom. The monoisotopic (exact) mass is 1780 g/mol. The van der Waals surface area contributed by atoms with Gasteiger partial charge >= 0.3 is 11.7 Å². The molecule has 2 aliphatic carbocycles. The van der Waals surface area contributed by atoms with Crippen molar-refractivity contribution in [3.05, 3.63) is 245 Å². The van der Waals surface area contributed by atoms with Crippen molar-refractivity contribution in [1.29, 1.82) is 0 Å². The molecule has 7 atom stereocenters. The van der Waals surface area contributed by atoms with E-state index in [1.54, 1.807) is 134 Å². The van der Waals surface area contributed by atoms with E-state index in [2.05, 4.69) is 58.2 Å². The SMILES string of the molecule is CN(C(=O)[C@@H]1NC2(CCCCC2)[C@@]2(C(=O)Nc3cc(Cl)ccc32)[C@H]1c1ccc(C2CCC3(CC2)N[C@@H](C(=O)Nc2ccc(C(=O)NCCCNc4ccn5c(N6CCC(=O)NC6=O)cnc5c4)cc2)[C@H](c2cccc(Cl)c2F)[C@]32C(=O)Nc3cc(Cl)ccc32)c(Cl)c1F)c1ccc(C(=O)NCCCCCc2ccc3c(c2)n(C)c(=O)n3C2CCC(=O)NC2=O)cc1. The van der Waals surface area contributed by atoms with Crippen molar-refractivity contribution in [2.45, 2.75) is 167 Å². The Hall–Kier alpha value is -11.9. The van der Waals surface area contributed by atoms with E-state index in [0.717, 1.165) is 30.5 Å². The number of pyridine rings is 1. The van der Waals surface area contributed by atoms with E-state index in [0.29, 0.717) is 148 Å². The Morgan fingerprint density at radius 1 is 0.587 bits per heavy atom. The second kappa shape index (κ2) is 33.8. The molecular weight excluding hydrogens is 1700 g/mol. The first-order valence-corrected chi connectivity index (χ1v) is 44.1. The molecule has 2 saturated carbocycles. The number of rotatable bonds is 22. The number of nitrogens with zero attached hydrogens (tertiary/aromatic N) is 6. The maximum atomic E-state index is 18.8. The van der Waals surface area contributed by atoms with Gasteiger partial charge in [-0.3, -0.25) is 82.9 Å². The standard InChI is InChI=1S/C93H90Cl4F2N16O11/c1-111(58-23-17-53(18-24-58)82(119)101-40-8-3-5-11-50-14-29-67-69(45-50)112(2)89(126)115(67)68-30-31-71(116)107-83(68)120)85(122)80-75(93(90(110-80)36-6-4-7-37-90)63-28-20-55(95)47-66(63)106-87(93)124)61-26-25-59(76(97)78(61)99)51-32-38-91(39-33-51)92(62-27-19-54(94)46-65(62)105-86(92)123)74(60-12-9-13-64(96)77(60)98)79(109-91)84(121)104-56-21-15-52(16-22-56)81(118)102-42-10-41-100-57-34-43-113-70(48-57)103-49-73(113)114-44-35-72(117)108-88(114)125/h9,12-29,34,43,45-49,51,68,74-75,79-80,100,109-110H,3-8,10-11,30-33,35-42,44H2,1-2H3,(H,101,119)(H,102,118)(H,104,121)(H,105,123)(H,106,124)(H,107,116,120)(H,108,117,125)/t51?,68?,74-,75-,79+,80+,91?,92+,93+/m0/s1. The van der Waals surface area contributed by atoms with Crippen molar-refractivity contribution in [3.63, 3.8) is 0 Å². The number of imidazole rings is 2. The van der Waals surface area contributed by atoms with Gasteiger partial charge in [0.15, 0.2) is 0 Å². The van der Waals surface area contributed by atoms with Gasteiger partial charge in [-0.25, -0.2) is 23.4 Å². The van der Waals surface area contributed by atoms with E-state index < -0.39 is 105 Å². The molecule has 27 nitrogen and oxygen atoms in total. The van der Waals surface area contributed by atoms with Gasteiger partial charge < -0.3 is 36.8 Å². The number of benzene rings is 7. The quantitative estimate of drug-likeness (QED) is 0.0223. The number of aryl methyl sites for hydroxylation is 2. The Bertz CT molecular complexity index is 6250. The summed E-state index contributed by atoms with van der Waals surface area (Å²) in [5.41, 5.74) is 1.17. The van der Waals surface area contributed by atoms with Crippen LogP contribution in [0, 0.1) is 11.6 Å². The van der Waals surface area contributed by atoms with Crippen molar-refractivity contribution < 1.29 is 56.7 Å². The minimum Gasteiger partial charge on any atom is -0.385 e. The van der Waals surface area contributed by atoms with Crippen LogP contribution in [0.15, 0.2) is 163 Å². The van der Waals surface area contributed by atoms with Crippen LogP contribution in [0.3, 0.4) is 0 Å². The number of hydrogen-bond donors (Lipinski definition) is 10. The van der Waals surface area contributed by atoms with Gasteiger partial charge in [0.25, 0.3) is 11.8 Å². The minimum absolute atomic E-state index is 0.00415. The van der Waals surface area contributed by atoms with Gasteiger partial charge in [0.2, 0.25) is 41.4 Å². The zero-order valence-corrected chi connectivity index (χ0v) is 71.8. The molecule has 33 heteroatoms. The number of likely N-dealkylation sites (N-methyl/N-ethyl adjacent to an activating group) is 1. The summed E-state index contributed by atoms with van der Waals surface area (Å²) in [6.07, 6.45) is 11.4. The van der Waals surface area contributed by atoms with Gasteiger partial charge in [0.05, 0.1) is 39.4 Å². The van der Waals surface area contributed by atoms with Crippen molar-refractivity contribution in [2.24, 2.45) is 7.05 Å². The van der Waals surface area contributed by atoms with Crippen molar-refractivity contribution in [2.75, 3.05) is 64.3 Å².